The van der Waals surface area contributed by atoms with Crippen LogP contribution >= 0.6 is 23.2 Å². The number of hydrogen-bond donors (Lipinski definition) is 1. The van der Waals surface area contributed by atoms with Crippen molar-refractivity contribution in [3.63, 3.8) is 0 Å². The van der Waals surface area contributed by atoms with Crippen molar-refractivity contribution in [1.82, 2.24) is 15.1 Å². The van der Waals surface area contributed by atoms with Crippen molar-refractivity contribution in [2.45, 2.75) is 13.0 Å². The highest BCUT2D eigenvalue weighted by molar-refractivity contribution is 6.30. The fourth-order valence-corrected chi connectivity index (χ4v) is 3.32. The van der Waals surface area contributed by atoms with Gasteiger partial charge in [-0.2, -0.15) is 0 Å². The highest BCUT2D eigenvalue weighted by atomic mass is 35.5. The minimum absolute atomic E-state index is 0.0660. The Labute approximate surface area is 168 Å². The third-order valence-electron chi connectivity index (χ3n) is 4.52. The molecule has 0 unspecified atom stereocenters. The smallest absolute Gasteiger partial charge is 0.317 e. The number of carbonyl (C=O) groups excluding carboxylic acids is 2. The minimum atomic E-state index is -0.125. The van der Waals surface area contributed by atoms with E-state index in [1.165, 1.54) is 0 Å². The number of hydrogen-bond acceptors (Lipinski definition) is 2. The van der Waals surface area contributed by atoms with Gasteiger partial charge in [-0.1, -0.05) is 47.5 Å². The highest BCUT2D eigenvalue weighted by Crippen LogP contribution is 2.13. The van der Waals surface area contributed by atoms with Crippen molar-refractivity contribution >= 4 is 35.1 Å². The summed E-state index contributed by atoms with van der Waals surface area (Å²) in [6.45, 7) is 2.55. The van der Waals surface area contributed by atoms with Crippen molar-refractivity contribution in [2.75, 3.05) is 26.2 Å². The first kappa shape index (κ1) is 19.5. The molecule has 1 saturated heterocycles. The Morgan fingerprint density at radius 2 is 1.52 bits per heavy atom. The van der Waals surface area contributed by atoms with Crippen LogP contribution in [0.2, 0.25) is 10.0 Å². The molecular formula is C20H21Cl2N3O2. The normalized spacial score (nSPS) is 14.1. The fraction of sp³-hybridized carbons (Fsp3) is 0.300. The third-order valence-corrected chi connectivity index (χ3v) is 5.01. The van der Waals surface area contributed by atoms with Gasteiger partial charge in [0.2, 0.25) is 5.91 Å². The molecule has 1 fully saturated rings. The number of carbonyl (C=O) groups is 2. The van der Waals surface area contributed by atoms with Crippen LogP contribution in [-0.2, 0) is 17.8 Å². The molecule has 7 heteroatoms. The molecule has 0 radical (unpaired) electrons. The Kier molecular flexibility index (Phi) is 6.58. The second kappa shape index (κ2) is 9.11. The summed E-state index contributed by atoms with van der Waals surface area (Å²) < 4.78 is 0. The van der Waals surface area contributed by atoms with Crippen LogP contribution in [0.25, 0.3) is 0 Å². The number of nitrogens with one attached hydrogen (secondary N) is 1. The van der Waals surface area contributed by atoms with E-state index in [1.807, 2.05) is 30.3 Å². The van der Waals surface area contributed by atoms with Crippen molar-refractivity contribution in [3.8, 4) is 0 Å². The van der Waals surface area contributed by atoms with Gasteiger partial charge in [-0.25, -0.2) is 4.79 Å². The lowest BCUT2D eigenvalue weighted by Gasteiger charge is -2.34. The maximum atomic E-state index is 12.4. The van der Waals surface area contributed by atoms with E-state index in [-0.39, 0.29) is 11.9 Å². The van der Waals surface area contributed by atoms with Crippen LogP contribution in [0.15, 0.2) is 48.5 Å². The van der Waals surface area contributed by atoms with Gasteiger partial charge in [0.1, 0.15) is 0 Å². The Balaban J connectivity index is 1.44. The van der Waals surface area contributed by atoms with E-state index >= 15 is 0 Å². The first-order chi connectivity index (χ1) is 13.0. The monoisotopic (exact) mass is 405 g/mol. The second-order valence-corrected chi connectivity index (χ2v) is 7.33. The molecule has 5 nitrogen and oxygen atoms in total. The standard InChI is InChI=1S/C20H21Cl2N3O2/c21-17-6-4-15(5-7-17)13-19(26)24-8-10-25(11-9-24)20(27)23-14-16-2-1-3-18(22)12-16/h1-7,12H,8-11,13-14H2,(H,23,27). The molecule has 142 valence electrons. The van der Waals surface area contributed by atoms with E-state index < -0.39 is 0 Å². The zero-order valence-electron chi connectivity index (χ0n) is 14.8. The summed E-state index contributed by atoms with van der Waals surface area (Å²) >= 11 is 11.8. The van der Waals surface area contributed by atoms with Crippen molar-refractivity contribution in [1.29, 1.82) is 0 Å². The molecule has 0 aromatic heterocycles. The Morgan fingerprint density at radius 3 is 2.19 bits per heavy atom. The number of piperazine rings is 1. The van der Waals surface area contributed by atoms with E-state index in [0.717, 1.165) is 11.1 Å². The molecule has 3 rings (SSSR count). The van der Waals surface area contributed by atoms with Crippen molar-refractivity contribution < 1.29 is 9.59 Å². The summed E-state index contributed by atoms with van der Waals surface area (Å²) in [6, 6.07) is 14.6. The molecule has 2 aromatic carbocycles. The van der Waals surface area contributed by atoms with Gasteiger partial charge < -0.3 is 15.1 Å². The van der Waals surface area contributed by atoms with Crippen molar-refractivity contribution in [2.24, 2.45) is 0 Å². The molecule has 1 aliphatic rings. The highest BCUT2D eigenvalue weighted by Gasteiger charge is 2.24. The van der Waals surface area contributed by atoms with Gasteiger partial charge in [-0.05, 0) is 35.4 Å². The molecule has 0 saturated carbocycles. The second-order valence-electron chi connectivity index (χ2n) is 6.46. The lowest BCUT2D eigenvalue weighted by atomic mass is 10.1. The number of rotatable bonds is 4. The molecule has 1 heterocycles. The Morgan fingerprint density at radius 1 is 0.852 bits per heavy atom. The van der Waals surface area contributed by atoms with Crippen LogP contribution in [0.4, 0.5) is 4.79 Å². The zero-order valence-corrected chi connectivity index (χ0v) is 16.3. The predicted molar refractivity (Wildman–Crippen MR) is 107 cm³/mol. The molecule has 0 spiro atoms. The van der Waals surface area contributed by atoms with E-state index in [9.17, 15) is 9.59 Å². The van der Waals surface area contributed by atoms with Crippen LogP contribution in [0.1, 0.15) is 11.1 Å². The van der Waals surface area contributed by atoms with E-state index in [1.54, 1.807) is 28.0 Å². The molecule has 2 aromatic rings. The number of benzene rings is 2. The van der Waals surface area contributed by atoms with Crippen LogP contribution < -0.4 is 5.32 Å². The van der Waals surface area contributed by atoms with Crippen LogP contribution in [0, 0.1) is 0 Å². The topological polar surface area (TPSA) is 52.7 Å². The number of urea groups is 1. The Hall–Kier alpha value is -2.24. The summed E-state index contributed by atoms with van der Waals surface area (Å²) in [7, 11) is 0. The first-order valence-corrected chi connectivity index (χ1v) is 9.56. The van der Waals surface area contributed by atoms with Gasteiger partial charge in [0.25, 0.3) is 0 Å². The van der Waals surface area contributed by atoms with Crippen LogP contribution in [0.3, 0.4) is 0 Å². The predicted octanol–water partition coefficient (Wildman–Crippen LogP) is 3.59. The molecule has 1 aliphatic heterocycles. The van der Waals surface area contributed by atoms with Gasteiger partial charge in [0.15, 0.2) is 0 Å². The van der Waals surface area contributed by atoms with Gasteiger partial charge >= 0.3 is 6.03 Å². The van der Waals surface area contributed by atoms with Gasteiger partial charge in [0, 0.05) is 42.8 Å². The maximum Gasteiger partial charge on any atom is 0.317 e. The van der Waals surface area contributed by atoms with Gasteiger partial charge in [0.05, 0.1) is 6.42 Å². The van der Waals surface area contributed by atoms with E-state index in [4.69, 9.17) is 23.2 Å². The van der Waals surface area contributed by atoms with Gasteiger partial charge in [-0.15, -0.1) is 0 Å². The van der Waals surface area contributed by atoms with E-state index in [0.29, 0.717) is 49.2 Å². The zero-order chi connectivity index (χ0) is 19.2. The third kappa shape index (κ3) is 5.62. The minimum Gasteiger partial charge on any atom is -0.339 e. The molecule has 0 bridgehead atoms. The number of nitrogens with zero attached hydrogens (tertiary/aromatic N) is 2. The molecule has 27 heavy (non-hydrogen) atoms. The molecule has 0 aliphatic carbocycles. The van der Waals surface area contributed by atoms with Crippen LogP contribution in [0.5, 0.6) is 0 Å². The molecular weight excluding hydrogens is 385 g/mol. The lowest BCUT2D eigenvalue weighted by molar-refractivity contribution is -0.131. The van der Waals surface area contributed by atoms with Crippen molar-refractivity contribution in [3.05, 3.63) is 69.7 Å². The van der Waals surface area contributed by atoms with E-state index in [2.05, 4.69) is 5.32 Å². The summed E-state index contributed by atoms with van der Waals surface area (Å²) in [4.78, 5) is 28.3. The quantitative estimate of drug-likeness (QED) is 0.844. The van der Waals surface area contributed by atoms with Gasteiger partial charge in [-0.3, -0.25) is 4.79 Å². The summed E-state index contributed by atoms with van der Waals surface area (Å²) in [5, 5.41) is 4.20. The largest absolute Gasteiger partial charge is 0.339 e. The Bertz CT molecular complexity index is 803. The average molecular weight is 406 g/mol. The SMILES string of the molecule is O=C(Cc1ccc(Cl)cc1)N1CCN(C(=O)NCc2cccc(Cl)c2)CC1. The summed E-state index contributed by atoms with van der Waals surface area (Å²) in [5.74, 6) is 0.0660. The fourth-order valence-electron chi connectivity index (χ4n) is 2.98. The number of halogens is 2. The average Bonchev–Trinajstić information content (AvgIpc) is 2.68. The summed E-state index contributed by atoms with van der Waals surface area (Å²) in [6.07, 6.45) is 0.345. The van der Waals surface area contributed by atoms with Crippen LogP contribution in [-0.4, -0.2) is 47.9 Å². The molecule has 3 amide bonds. The summed E-state index contributed by atoms with van der Waals surface area (Å²) in [5.41, 5.74) is 1.89. The lowest BCUT2D eigenvalue weighted by Crippen LogP contribution is -2.53. The maximum absolute atomic E-state index is 12.4. The number of amides is 3. The molecule has 1 N–H and O–H groups in total. The molecule has 0 atom stereocenters. The first-order valence-electron chi connectivity index (χ1n) is 8.81.